The van der Waals surface area contributed by atoms with Crippen molar-refractivity contribution in [2.24, 2.45) is 0 Å². The van der Waals surface area contributed by atoms with E-state index in [1.807, 2.05) is 6.92 Å². The van der Waals surface area contributed by atoms with Crippen LogP contribution in [-0.2, 0) is 9.53 Å². The minimum atomic E-state index is 0.0402. The molecule has 5 nitrogen and oxygen atoms in total. The maximum absolute atomic E-state index is 11.8. The zero-order valence-electron chi connectivity index (χ0n) is 10.7. The average Bonchev–Trinajstić information content (AvgIpc) is 2.36. The molecule has 1 rings (SSSR count). The third-order valence-corrected chi connectivity index (χ3v) is 2.98. The van der Waals surface area contributed by atoms with Crippen molar-refractivity contribution in [3.63, 3.8) is 0 Å². The summed E-state index contributed by atoms with van der Waals surface area (Å²) < 4.78 is 5.28. The lowest BCUT2D eigenvalue weighted by Gasteiger charge is -2.29. The number of morpholine rings is 1. The van der Waals surface area contributed by atoms with Crippen LogP contribution in [0.1, 0.15) is 19.8 Å². The van der Waals surface area contributed by atoms with Crippen molar-refractivity contribution in [3.8, 4) is 0 Å². The van der Waals surface area contributed by atoms with E-state index >= 15 is 0 Å². The van der Waals surface area contributed by atoms with E-state index in [4.69, 9.17) is 9.84 Å². The number of hydrogen-bond donors (Lipinski definition) is 1. The molecule has 0 spiro atoms. The summed E-state index contributed by atoms with van der Waals surface area (Å²) in [7, 11) is 0. The Morgan fingerprint density at radius 3 is 2.65 bits per heavy atom. The molecule has 0 saturated carbocycles. The Balaban J connectivity index is 2.29. The molecule has 0 bridgehead atoms. The van der Waals surface area contributed by atoms with Crippen molar-refractivity contribution in [1.82, 2.24) is 9.80 Å². The Kier molecular flexibility index (Phi) is 7.16. The van der Waals surface area contributed by atoms with Crippen LogP contribution in [-0.4, -0.2) is 73.4 Å². The van der Waals surface area contributed by atoms with E-state index in [1.165, 1.54) is 0 Å². The molecule has 0 aromatic heterocycles. The van der Waals surface area contributed by atoms with Gasteiger partial charge in [-0.05, 0) is 6.42 Å². The minimum absolute atomic E-state index is 0.0402. The first kappa shape index (κ1) is 14.4. The molecule has 1 aliphatic rings. The summed E-state index contributed by atoms with van der Waals surface area (Å²) in [6.45, 7) is 7.51. The standard InChI is InChI=1S/C12H24N2O3/c1-2-3-12(16)14(6-9-15)5-4-13-7-10-17-11-8-13/h15H,2-11H2,1H3. The molecular formula is C12H24N2O3. The number of aliphatic hydroxyl groups is 1. The highest BCUT2D eigenvalue weighted by molar-refractivity contribution is 5.76. The molecule has 0 aromatic rings. The second-order valence-electron chi connectivity index (χ2n) is 4.31. The van der Waals surface area contributed by atoms with Crippen LogP contribution >= 0.6 is 0 Å². The zero-order chi connectivity index (χ0) is 12.5. The maximum atomic E-state index is 11.8. The second-order valence-corrected chi connectivity index (χ2v) is 4.31. The fourth-order valence-corrected chi connectivity index (χ4v) is 1.94. The first-order valence-electron chi connectivity index (χ1n) is 6.46. The monoisotopic (exact) mass is 244 g/mol. The zero-order valence-corrected chi connectivity index (χ0v) is 10.7. The summed E-state index contributed by atoms with van der Waals surface area (Å²) in [5, 5.41) is 8.96. The maximum Gasteiger partial charge on any atom is 0.222 e. The van der Waals surface area contributed by atoms with E-state index in [0.717, 1.165) is 39.3 Å². The van der Waals surface area contributed by atoms with Gasteiger partial charge in [-0.15, -0.1) is 0 Å². The Bertz CT molecular complexity index is 218. The SMILES string of the molecule is CCCC(=O)N(CCO)CCN1CCOCC1. The number of carbonyl (C=O) groups excluding carboxylic acids is 1. The molecule has 17 heavy (non-hydrogen) atoms. The van der Waals surface area contributed by atoms with Crippen molar-refractivity contribution in [3.05, 3.63) is 0 Å². The lowest BCUT2D eigenvalue weighted by Crippen LogP contribution is -2.43. The summed E-state index contributed by atoms with van der Waals surface area (Å²) in [6.07, 6.45) is 1.43. The van der Waals surface area contributed by atoms with Crippen LogP contribution < -0.4 is 0 Å². The van der Waals surface area contributed by atoms with Crippen LogP contribution in [0.2, 0.25) is 0 Å². The molecule has 100 valence electrons. The smallest absolute Gasteiger partial charge is 0.222 e. The molecule has 0 aromatic carbocycles. The van der Waals surface area contributed by atoms with Crippen molar-refractivity contribution >= 4 is 5.91 Å². The highest BCUT2D eigenvalue weighted by Gasteiger charge is 2.15. The van der Waals surface area contributed by atoms with Crippen LogP contribution in [0.5, 0.6) is 0 Å². The van der Waals surface area contributed by atoms with E-state index in [0.29, 0.717) is 19.5 Å². The van der Waals surface area contributed by atoms with E-state index in [1.54, 1.807) is 4.90 Å². The van der Waals surface area contributed by atoms with Gasteiger partial charge in [0.15, 0.2) is 0 Å². The molecule has 1 heterocycles. The third kappa shape index (κ3) is 5.48. The largest absolute Gasteiger partial charge is 0.395 e. The van der Waals surface area contributed by atoms with Crippen LogP contribution in [0.15, 0.2) is 0 Å². The van der Waals surface area contributed by atoms with Crippen molar-refractivity contribution < 1.29 is 14.6 Å². The second kappa shape index (κ2) is 8.44. The topological polar surface area (TPSA) is 53.0 Å². The normalized spacial score (nSPS) is 17.1. The lowest BCUT2D eigenvalue weighted by atomic mass is 10.3. The number of hydrogen-bond acceptors (Lipinski definition) is 4. The van der Waals surface area contributed by atoms with E-state index < -0.39 is 0 Å². The van der Waals surface area contributed by atoms with Crippen LogP contribution in [0, 0.1) is 0 Å². The Morgan fingerprint density at radius 1 is 1.35 bits per heavy atom. The summed E-state index contributed by atoms with van der Waals surface area (Å²) in [5.41, 5.74) is 0. The van der Waals surface area contributed by atoms with Gasteiger partial charge in [-0.1, -0.05) is 6.92 Å². The summed E-state index contributed by atoms with van der Waals surface area (Å²) >= 11 is 0. The van der Waals surface area contributed by atoms with Crippen LogP contribution in [0.3, 0.4) is 0 Å². The Labute approximate surface area is 103 Å². The van der Waals surface area contributed by atoms with E-state index in [2.05, 4.69) is 4.90 Å². The molecule has 1 aliphatic heterocycles. The van der Waals surface area contributed by atoms with Crippen LogP contribution in [0.4, 0.5) is 0 Å². The molecular weight excluding hydrogens is 220 g/mol. The predicted molar refractivity (Wildman–Crippen MR) is 65.8 cm³/mol. The highest BCUT2D eigenvalue weighted by Crippen LogP contribution is 2.01. The van der Waals surface area contributed by atoms with E-state index in [-0.39, 0.29) is 12.5 Å². The van der Waals surface area contributed by atoms with Crippen molar-refractivity contribution in [2.75, 3.05) is 52.5 Å². The molecule has 1 fully saturated rings. The molecule has 1 amide bonds. The van der Waals surface area contributed by atoms with Gasteiger partial charge in [-0.3, -0.25) is 9.69 Å². The number of aliphatic hydroxyl groups excluding tert-OH is 1. The van der Waals surface area contributed by atoms with Crippen molar-refractivity contribution in [1.29, 1.82) is 0 Å². The molecule has 0 radical (unpaired) electrons. The fourth-order valence-electron chi connectivity index (χ4n) is 1.94. The lowest BCUT2D eigenvalue weighted by molar-refractivity contribution is -0.132. The molecule has 1 saturated heterocycles. The van der Waals surface area contributed by atoms with Gasteiger partial charge in [0.25, 0.3) is 0 Å². The van der Waals surface area contributed by atoms with Gasteiger partial charge < -0.3 is 14.7 Å². The molecule has 0 unspecified atom stereocenters. The van der Waals surface area contributed by atoms with Gasteiger partial charge in [0.2, 0.25) is 5.91 Å². The summed E-state index contributed by atoms with van der Waals surface area (Å²) in [4.78, 5) is 15.8. The number of nitrogens with zero attached hydrogens (tertiary/aromatic N) is 2. The third-order valence-electron chi connectivity index (χ3n) is 2.98. The Morgan fingerprint density at radius 2 is 2.06 bits per heavy atom. The van der Waals surface area contributed by atoms with Gasteiger partial charge in [0.05, 0.1) is 19.8 Å². The number of amides is 1. The number of ether oxygens (including phenoxy) is 1. The van der Waals surface area contributed by atoms with Gasteiger partial charge in [0.1, 0.15) is 0 Å². The van der Waals surface area contributed by atoms with Gasteiger partial charge >= 0.3 is 0 Å². The fraction of sp³-hybridized carbons (Fsp3) is 0.917. The van der Waals surface area contributed by atoms with E-state index in [9.17, 15) is 4.79 Å². The highest BCUT2D eigenvalue weighted by atomic mass is 16.5. The first-order valence-corrected chi connectivity index (χ1v) is 6.46. The van der Waals surface area contributed by atoms with Crippen LogP contribution in [0.25, 0.3) is 0 Å². The average molecular weight is 244 g/mol. The minimum Gasteiger partial charge on any atom is -0.395 e. The van der Waals surface area contributed by atoms with Crippen molar-refractivity contribution in [2.45, 2.75) is 19.8 Å². The van der Waals surface area contributed by atoms with Gasteiger partial charge in [0, 0.05) is 39.1 Å². The Hall–Kier alpha value is -0.650. The molecule has 1 N–H and O–H groups in total. The molecule has 0 aliphatic carbocycles. The number of rotatable bonds is 7. The molecule has 0 atom stereocenters. The van der Waals surface area contributed by atoms with Gasteiger partial charge in [-0.25, -0.2) is 0 Å². The first-order chi connectivity index (χ1) is 8.27. The quantitative estimate of drug-likeness (QED) is 0.681. The number of carbonyl (C=O) groups is 1. The molecule has 5 heteroatoms. The summed E-state index contributed by atoms with van der Waals surface area (Å²) in [6, 6.07) is 0. The van der Waals surface area contributed by atoms with Gasteiger partial charge in [-0.2, -0.15) is 0 Å². The predicted octanol–water partition coefficient (Wildman–Crippen LogP) is -0.0604. The summed E-state index contributed by atoms with van der Waals surface area (Å²) in [5.74, 6) is 0.148.